The van der Waals surface area contributed by atoms with Crippen LogP contribution in [0.25, 0.3) is 21.5 Å². The van der Waals surface area contributed by atoms with E-state index in [2.05, 4.69) is 49.2 Å². The lowest BCUT2D eigenvalue weighted by molar-refractivity contribution is 0.583. The van der Waals surface area contributed by atoms with E-state index in [0.29, 0.717) is 0 Å². The summed E-state index contributed by atoms with van der Waals surface area (Å²) in [6, 6.07) is 14.3. The van der Waals surface area contributed by atoms with Gasteiger partial charge < -0.3 is 10.6 Å². The molecule has 138 valence electrons. The molecule has 0 fully saturated rings. The van der Waals surface area contributed by atoms with E-state index in [4.69, 9.17) is 11.6 Å². The standard InChI is InChI=1S/C19H19ClN6S/c1-21-16(8-12-2-5-15(20)6-3-12)11-22-19-26-25-18(27-19)13-4-7-17-14(9-13)10-23-24-17/h2-7,9-10,16,21H,8,11H2,1H3,(H,22,26)(H,23,24)/t16-/m0/s1. The molecule has 2 heterocycles. The second-order valence-electron chi connectivity index (χ2n) is 6.28. The Labute approximate surface area is 166 Å². The first-order valence-corrected chi connectivity index (χ1v) is 9.83. The Bertz CT molecular complexity index is 1030. The normalized spacial score (nSPS) is 12.4. The molecular formula is C19H19ClN6S. The third kappa shape index (κ3) is 4.27. The number of nitrogens with zero attached hydrogens (tertiary/aromatic N) is 3. The quantitative estimate of drug-likeness (QED) is 0.439. The Balaban J connectivity index is 1.40. The summed E-state index contributed by atoms with van der Waals surface area (Å²) in [5, 5.41) is 25.9. The maximum atomic E-state index is 5.95. The average molecular weight is 399 g/mol. The minimum absolute atomic E-state index is 0.279. The van der Waals surface area contributed by atoms with Gasteiger partial charge in [-0.1, -0.05) is 35.1 Å². The van der Waals surface area contributed by atoms with E-state index in [1.807, 2.05) is 37.5 Å². The molecule has 0 saturated carbocycles. The number of halogens is 1. The van der Waals surface area contributed by atoms with Gasteiger partial charge in [-0.3, -0.25) is 5.10 Å². The van der Waals surface area contributed by atoms with Crippen molar-refractivity contribution in [1.29, 1.82) is 0 Å². The van der Waals surface area contributed by atoms with Crippen LogP contribution in [0.15, 0.2) is 48.7 Å². The molecule has 0 bridgehead atoms. The highest BCUT2D eigenvalue weighted by Gasteiger charge is 2.11. The van der Waals surface area contributed by atoms with Crippen molar-refractivity contribution >= 4 is 39.0 Å². The van der Waals surface area contributed by atoms with Gasteiger partial charge in [0.05, 0.1) is 11.7 Å². The molecule has 2 aromatic carbocycles. The van der Waals surface area contributed by atoms with Crippen LogP contribution >= 0.6 is 22.9 Å². The van der Waals surface area contributed by atoms with Crippen LogP contribution in [-0.2, 0) is 6.42 Å². The number of fused-ring (bicyclic) bond motifs is 1. The van der Waals surface area contributed by atoms with E-state index in [9.17, 15) is 0 Å². The van der Waals surface area contributed by atoms with Crippen LogP contribution in [0.4, 0.5) is 5.13 Å². The van der Waals surface area contributed by atoms with E-state index in [1.165, 1.54) is 5.56 Å². The van der Waals surface area contributed by atoms with Crippen LogP contribution in [0.1, 0.15) is 5.56 Å². The summed E-state index contributed by atoms with van der Waals surface area (Å²) in [5.74, 6) is 0. The number of likely N-dealkylation sites (N-methyl/N-ethyl adjacent to an activating group) is 1. The Morgan fingerprint density at radius 3 is 2.81 bits per heavy atom. The summed E-state index contributed by atoms with van der Waals surface area (Å²) in [6.07, 6.45) is 2.72. The second-order valence-corrected chi connectivity index (χ2v) is 7.70. The first-order valence-electron chi connectivity index (χ1n) is 8.64. The van der Waals surface area contributed by atoms with Crippen LogP contribution in [0.5, 0.6) is 0 Å². The minimum Gasteiger partial charge on any atom is -0.358 e. The predicted molar refractivity (Wildman–Crippen MR) is 111 cm³/mol. The monoisotopic (exact) mass is 398 g/mol. The highest BCUT2D eigenvalue weighted by molar-refractivity contribution is 7.18. The zero-order valence-corrected chi connectivity index (χ0v) is 16.3. The van der Waals surface area contributed by atoms with E-state index >= 15 is 0 Å². The van der Waals surface area contributed by atoms with Gasteiger partial charge in [-0.25, -0.2) is 0 Å². The Morgan fingerprint density at radius 1 is 1.15 bits per heavy atom. The zero-order valence-electron chi connectivity index (χ0n) is 14.7. The van der Waals surface area contributed by atoms with E-state index < -0.39 is 0 Å². The van der Waals surface area contributed by atoms with Crippen LogP contribution in [0, 0.1) is 0 Å². The topological polar surface area (TPSA) is 78.5 Å². The van der Waals surface area contributed by atoms with Gasteiger partial charge in [0, 0.05) is 28.6 Å². The number of anilines is 1. The van der Waals surface area contributed by atoms with Crippen molar-refractivity contribution in [2.24, 2.45) is 0 Å². The third-order valence-electron chi connectivity index (χ3n) is 4.42. The largest absolute Gasteiger partial charge is 0.358 e. The van der Waals surface area contributed by atoms with E-state index in [-0.39, 0.29) is 6.04 Å². The molecule has 0 amide bonds. The fraction of sp³-hybridized carbons (Fsp3) is 0.211. The zero-order chi connectivity index (χ0) is 18.6. The van der Waals surface area contributed by atoms with Gasteiger partial charge in [0.1, 0.15) is 5.01 Å². The van der Waals surface area contributed by atoms with Gasteiger partial charge in [0.2, 0.25) is 5.13 Å². The van der Waals surface area contributed by atoms with Crippen molar-refractivity contribution in [2.45, 2.75) is 12.5 Å². The van der Waals surface area contributed by atoms with Crippen molar-refractivity contribution in [2.75, 3.05) is 18.9 Å². The predicted octanol–water partition coefficient (Wildman–Crippen LogP) is 3.98. The molecule has 2 aromatic heterocycles. The molecular weight excluding hydrogens is 380 g/mol. The maximum Gasteiger partial charge on any atom is 0.206 e. The summed E-state index contributed by atoms with van der Waals surface area (Å²) >= 11 is 7.50. The number of rotatable bonds is 7. The fourth-order valence-electron chi connectivity index (χ4n) is 2.88. The smallest absolute Gasteiger partial charge is 0.206 e. The maximum absolute atomic E-state index is 5.95. The summed E-state index contributed by atoms with van der Waals surface area (Å²) in [6.45, 7) is 0.758. The van der Waals surface area contributed by atoms with Crippen LogP contribution in [0.3, 0.4) is 0 Å². The van der Waals surface area contributed by atoms with Gasteiger partial charge >= 0.3 is 0 Å². The van der Waals surface area contributed by atoms with Gasteiger partial charge in [0.15, 0.2) is 0 Å². The third-order valence-corrected chi connectivity index (χ3v) is 5.60. The minimum atomic E-state index is 0.279. The Kier molecular flexibility index (Phi) is 5.33. The number of aromatic amines is 1. The molecule has 0 saturated heterocycles. The SMILES string of the molecule is CN[C@H](CNc1nnc(-c2ccc3[nH]ncc3c2)s1)Cc1ccc(Cl)cc1. The van der Waals surface area contributed by atoms with Crippen molar-refractivity contribution in [3.63, 3.8) is 0 Å². The Morgan fingerprint density at radius 2 is 2.00 bits per heavy atom. The number of hydrogen-bond donors (Lipinski definition) is 3. The molecule has 4 rings (SSSR count). The lowest BCUT2D eigenvalue weighted by Gasteiger charge is -2.16. The van der Waals surface area contributed by atoms with E-state index in [1.54, 1.807) is 11.3 Å². The first kappa shape index (κ1) is 17.9. The number of hydrogen-bond acceptors (Lipinski definition) is 6. The van der Waals surface area contributed by atoms with Crippen molar-refractivity contribution < 1.29 is 0 Å². The highest BCUT2D eigenvalue weighted by Crippen LogP contribution is 2.28. The molecule has 0 aliphatic rings. The number of H-pyrrole nitrogens is 1. The lowest BCUT2D eigenvalue weighted by atomic mass is 10.1. The second kappa shape index (κ2) is 8.04. The van der Waals surface area contributed by atoms with Crippen molar-refractivity contribution in [3.8, 4) is 10.6 Å². The summed E-state index contributed by atoms with van der Waals surface area (Å²) in [4.78, 5) is 0. The summed E-state index contributed by atoms with van der Waals surface area (Å²) in [5.41, 5.74) is 3.30. The molecule has 0 radical (unpaired) electrons. The summed E-state index contributed by atoms with van der Waals surface area (Å²) in [7, 11) is 1.97. The van der Waals surface area contributed by atoms with Gasteiger partial charge in [-0.15, -0.1) is 10.2 Å². The molecule has 1 atom stereocenters. The van der Waals surface area contributed by atoms with Crippen LogP contribution in [-0.4, -0.2) is 40.0 Å². The van der Waals surface area contributed by atoms with Gasteiger partial charge in [0.25, 0.3) is 0 Å². The number of benzene rings is 2. The van der Waals surface area contributed by atoms with Gasteiger partial charge in [-0.2, -0.15) is 5.10 Å². The first-order chi connectivity index (χ1) is 13.2. The lowest BCUT2D eigenvalue weighted by Crippen LogP contribution is -2.34. The van der Waals surface area contributed by atoms with Crippen LogP contribution in [0.2, 0.25) is 5.02 Å². The molecule has 0 aliphatic heterocycles. The Hall–Kier alpha value is -2.48. The molecule has 6 nitrogen and oxygen atoms in total. The molecule has 27 heavy (non-hydrogen) atoms. The van der Waals surface area contributed by atoms with E-state index in [0.717, 1.165) is 44.6 Å². The molecule has 4 aromatic rings. The summed E-state index contributed by atoms with van der Waals surface area (Å²) < 4.78 is 0. The molecule has 8 heteroatoms. The molecule has 3 N–H and O–H groups in total. The van der Waals surface area contributed by atoms with Crippen molar-refractivity contribution in [1.82, 2.24) is 25.7 Å². The van der Waals surface area contributed by atoms with Gasteiger partial charge in [-0.05, 0) is 49.4 Å². The number of nitrogens with one attached hydrogen (secondary N) is 3. The number of aromatic nitrogens is 4. The van der Waals surface area contributed by atoms with Crippen LogP contribution < -0.4 is 10.6 Å². The molecule has 0 unspecified atom stereocenters. The fourth-order valence-corrected chi connectivity index (χ4v) is 3.75. The molecule has 0 aliphatic carbocycles. The average Bonchev–Trinajstić information content (AvgIpc) is 3.35. The highest BCUT2D eigenvalue weighted by atomic mass is 35.5. The molecule has 0 spiro atoms. The van der Waals surface area contributed by atoms with Crippen molar-refractivity contribution in [3.05, 3.63) is 59.2 Å².